The second-order valence-electron chi connectivity index (χ2n) is 3.82. The summed E-state index contributed by atoms with van der Waals surface area (Å²) in [6.45, 7) is 3.35. The Morgan fingerprint density at radius 3 is 2.47 bits per heavy atom. The topological polar surface area (TPSA) is 52.6 Å². The van der Waals surface area contributed by atoms with E-state index >= 15 is 0 Å². The second kappa shape index (κ2) is 6.45. The first-order valence-electron chi connectivity index (χ1n) is 5.57. The van der Waals surface area contributed by atoms with Crippen molar-refractivity contribution in [3.63, 3.8) is 0 Å². The molecule has 1 saturated heterocycles. The molecule has 1 aliphatic heterocycles. The first-order chi connectivity index (χ1) is 7.14. The summed E-state index contributed by atoms with van der Waals surface area (Å²) in [7, 11) is -2.90. The first-order valence-corrected chi connectivity index (χ1v) is 7.40. The van der Waals surface area contributed by atoms with Crippen molar-refractivity contribution < 1.29 is 17.9 Å². The molecule has 1 fully saturated rings. The highest BCUT2D eigenvalue weighted by molar-refractivity contribution is 7.91. The Labute approximate surface area is 91.9 Å². The molecule has 1 aliphatic rings. The average molecular weight is 236 g/mol. The molecule has 15 heavy (non-hydrogen) atoms. The highest BCUT2D eigenvalue weighted by Crippen LogP contribution is 2.10. The predicted octanol–water partition coefficient (Wildman–Crippen LogP) is 1.35. The summed E-state index contributed by atoms with van der Waals surface area (Å²) in [5.74, 6) is 0.466. The molecule has 0 spiro atoms. The molecule has 0 unspecified atom stereocenters. The van der Waals surface area contributed by atoms with E-state index in [-0.39, 0.29) is 17.8 Å². The summed E-state index contributed by atoms with van der Waals surface area (Å²) in [5, 5.41) is 0. The summed E-state index contributed by atoms with van der Waals surface area (Å²) in [6.07, 6.45) is 2.71. The highest BCUT2D eigenvalue weighted by Gasteiger charge is 2.18. The fourth-order valence-corrected chi connectivity index (χ4v) is 2.93. The molecule has 5 heteroatoms. The molecule has 0 N–H and O–H groups in total. The van der Waals surface area contributed by atoms with Crippen LogP contribution in [0.25, 0.3) is 0 Å². The van der Waals surface area contributed by atoms with E-state index in [4.69, 9.17) is 9.47 Å². The minimum atomic E-state index is -2.90. The van der Waals surface area contributed by atoms with E-state index < -0.39 is 9.84 Å². The quantitative estimate of drug-likeness (QED) is 0.698. The summed E-state index contributed by atoms with van der Waals surface area (Å²) in [5.41, 5.74) is 0. The van der Waals surface area contributed by atoms with Crippen LogP contribution in [0, 0.1) is 0 Å². The van der Waals surface area contributed by atoms with Gasteiger partial charge in [0.15, 0.2) is 16.1 Å². The van der Waals surface area contributed by atoms with Gasteiger partial charge in [0.2, 0.25) is 0 Å². The number of hydrogen-bond donors (Lipinski definition) is 0. The fourth-order valence-electron chi connectivity index (χ4n) is 1.45. The lowest BCUT2D eigenvalue weighted by molar-refractivity contribution is -0.178. The molecular weight excluding hydrogens is 216 g/mol. The maximum absolute atomic E-state index is 11.5. The van der Waals surface area contributed by atoms with Crippen LogP contribution in [0.2, 0.25) is 0 Å². The van der Waals surface area contributed by atoms with Gasteiger partial charge in [-0.15, -0.1) is 0 Å². The number of rotatable bonds is 6. The van der Waals surface area contributed by atoms with Gasteiger partial charge >= 0.3 is 0 Å². The van der Waals surface area contributed by atoms with Crippen molar-refractivity contribution in [1.82, 2.24) is 0 Å². The SMILES string of the molecule is CCCCS(=O)(=O)CCC1OCCCO1. The van der Waals surface area contributed by atoms with Crippen molar-refractivity contribution >= 4 is 9.84 Å². The van der Waals surface area contributed by atoms with E-state index in [0.717, 1.165) is 19.3 Å². The normalized spacial score (nSPS) is 19.3. The molecule has 1 rings (SSSR count). The highest BCUT2D eigenvalue weighted by atomic mass is 32.2. The van der Waals surface area contributed by atoms with Crippen molar-refractivity contribution in [2.75, 3.05) is 24.7 Å². The lowest BCUT2D eigenvalue weighted by Gasteiger charge is -2.22. The Kier molecular flexibility index (Phi) is 5.56. The van der Waals surface area contributed by atoms with Gasteiger partial charge in [-0.1, -0.05) is 13.3 Å². The maximum Gasteiger partial charge on any atom is 0.158 e. The standard InChI is InChI=1S/C10H20O4S/c1-2-3-8-15(11,12)9-5-10-13-6-4-7-14-10/h10H,2-9H2,1H3. The van der Waals surface area contributed by atoms with Crippen LogP contribution < -0.4 is 0 Å². The molecule has 1 heterocycles. The molecule has 0 aromatic rings. The van der Waals surface area contributed by atoms with E-state index in [0.29, 0.717) is 19.6 Å². The van der Waals surface area contributed by atoms with Crippen LogP contribution in [0.1, 0.15) is 32.6 Å². The smallest absolute Gasteiger partial charge is 0.158 e. The van der Waals surface area contributed by atoms with Crippen molar-refractivity contribution in [1.29, 1.82) is 0 Å². The molecule has 0 aromatic heterocycles. The second-order valence-corrected chi connectivity index (χ2v) is 6.12. The Morgan fingerprint density at radius 1 is 1.20 bits per heavy atom. The van der Waals surface area contributed by atoms with Crippen molar-refractivity contribution in [2.24, 2.45) is 0 Å². The van der Waals surface area contributed by atoms with Crippen molar-refractivity contribution in [2.45, 2.75) is 38.9 Å². The molecule has 0 aromatic carbocycles. The average Bonchev–Trinajstić information content (AvgIpc) is 2.25. The van der Waals surface area contributed by atoms with Crippen LogP contribution in [0.4, 0.5) is 0 Å². The van der Waals surface area contributed by atoms with Crippen molar-refractivity contribution in [3.05, 3.63) is 0 Å². The van der Waals surface area contributed by atoms with E-state index in [1.165, 1.54) is 0 Å². The van der Waals surface area contributed by atoms with Crippen LogP contribution in [-0.4, -0.2) is 39.4 Å². The minimum absolute atomic E-state index is 0.178. The van der Waals surface area contributed by atoms with Crippen LogP contribution in [0.3, 0.4) is 0 Å². The fraction of sp³-hybridized carbons (Fsp3) is 1.00. The van der Waals surface area contributed by atoms with Crippen LogP contribution in [0.5, 0.6) is 0 Å². The van der Waals surface area contributed by atoms with Crippen molar-refractivity contribution in [3.8, 4) is 0 Å². The van der Waals surface area contributed by atoms with E-state index in [9.17, 15) is 8.42 Å². The van der Waals surface area contributed by atoms with Gasteiger partial charge in [0.1, 0.15) is 0 Å². The third kappa shape index (κ3) is 5.49. The number of unbranched alkanes of at least 4 members (excludes halogenated alkanes) is 1. The zero-order valence-corrected chi connectivity index (χ0v) is 10.1. The number of sulfone groups is 1. The molecule has 0 bridgehead atoms. The monoisotopic (exact) mass is 236 g/mol. The Bertz CT molecular complexity index is 255. The van der Waals surface area contributed by atoms with Crippen LogP contribution in [-0.2, 0) is 19.3 Å². The number of hydrogen-bond acceptors (Lipinski definition) is 4. The third-order valence-corrected chi connectivity index (χ3v) is 4.14. The predicted molar refractivity (Wildman–Crippen MR) is 58.5 cm³/mol. The van der Waals surface area contributed by atoms with Gasteiger partial charge in [-0.2, -0.15) is 0 Å². The van der Waals surface area contributed by atoms with Gasteiger partial charge in [-0.25, -0.2) is 8.42 Å². The molecular formula is C10H20O4S. The summed E-state index contributed by atoms with van der Waals surface area (Å²) in [4.78, 5) is 0. The molecule has 0 radical (unpaired) electrons. The molecule has 90 valence electrons. The number of ether oxygens (including phenoxy) is 2. The van der Waals surface area contributed by atoms with Crippen LogP contribution >= 0.6 is 0 Å². The Morgan fingerprint density at radius 2 is 1.87 bits per heavy atom. The minimum Gasteiger partial charge on any atom is -0.353 e. The molecule has 4 nitrogen and oxygen atoms in total. The third-order valence-electron chi connectivity index (χ3n) is 2.37. The Balaban J connectivity index is 2.22. The van der Waals surface area contributed by atoms with Gasteiger partial charge in [0, 0.05) is 6.42 Å². The Hall–Kier alpha value is -0.130. The lowest BCUT2D eigenvalue weighted by Crippen LogP contribution is -2.27. The summed E-state index contributed by atoms with van der Waals surface area (Å²) < 4.78 is 33.6. The molecule has 0 saturated carbocycles. The lowest BCUT2D eigenvalue weighted by atomic mass is 10.4. The summed E-state index contributed by atoms with van der Waals surface area (Å²) >= 11 is 0. The van der Waals surface area contributed by atoms with E-state index in [2.05, 4.69) is 0 Å². The van der Waals surface area contributed by atoms with Gasteiger partial charge in [0.25, 0.3) is 0 Å². The largest absolute Gasteiger partial charge is 0.353 e. The van der Waals surface area contributed by atoms with Gasteiger partial charge < -0.3 is 9.47 Å². The molecule has 0 aliphatic carbocycles. The maximum atomic E-state index is 11.5. The van der Waals surface area contributed by atoms with E-state index in [1.54, 1.807) is 0 Å². The zero-order chi connectivity index (χ0) is 11.1. The molecule has 0 amide bonds. The van der Waals surface area contributed by atoms with Gasteiger partial charge in [0.05, 0.1) is 24.7 Å². The van der Waals surface area contributed by atoms with Gasteiger partial charge in [-0.3, -0.25) is 0 Å². The van der Waals surface area contributed by atoms with Crippen LogP contribution in [0.15, 0.2) is 0 Å². The zero-order valence-electron chi connectivity index (χ0n) is 9.28. The summed E-state index contributed by atoms with van der Waals surface area (Å²) in [6, 6.07) is 0. The van der Waals surface area contributed by atoms with Gasteiger partial charge in [-0.05, 0) is 12.8 Å². The van der Waals surface area contributed by atoms with E-state index in [1.807, 2.05) is 6.92 Å². The molecule has 0 atom stereocenters. The first kappa shape index (κ1) is 12.9.